The summed E-state index contributed by atoms with van der Waals surface area (Å²) in [6, 6.07) is 5.16. The van der Waals surface area contributed by atoms with E-state index in [-0.39, 0.29) is 9.79 Å². The van der Waals surface area contributed by atoms with Crippen molar-refractivity contribution in [3.8, 4) is 0 Å². The molecule has 1 aliphatic rings. The molecule has 0 N–H and O–H groups in total. The Labute approximate surface area is 124 Å². The predicted molar refractivity (Wildman–Crippen MR) is 76.6 cm³/mol. The molecule has 0 unspecified atom stereocenters. The lowest BCUT2D eigenvalue weighted by atomic mass is 10.0. The summed E-state index contributed by atoms with van der Waals surface area (Å²) in [6.07, 6.45) is 1.62. The Balaban J connectivity index is 2.35. The quantitative estimate of drug-likeness (QED) is 0.791. The Morgan fingerprint density at radius 3 is 2.20 bits per heavy atom. The fourth-order valence-corrected chi connectivity index (χ4v) is 4.55. The molecule has 1 fully saturated rings. The number of sulfonamides is 1. The number of nitrogens with zero attached hydrogens (tertiary/aromatic N) is 1. The molecule has 112 valence electrons. The van der Waals surface area contributed by atoms with Crippen molar-refractivity contribution < 1.29 is 16.8 Å². The smallest absolute Gasteiger partial charge is 0.207 e. The third kappa shape index (κ3) is 3.33. The van der Waals surface area contributed by atoms with Gasteiger partial charge in [0.25, 0.3) is 9.05 Å². The third-order valence-corrected chi connectivity index (χ3v) is 6.71. The molecule has 0 aromatic heterocycles. The van der Waals surface area contributed by atoms with Gasteiger partial charge in [0.1, 0.15) is 0 Å². The number of hydrogen-bond acceptors (Lipinski definition) is 4. The molecule has 0 saturated carbocycles. The molecule has 1 aromatic rings. The van der Waals surface area contributed by atoms with E-state index in [2.05, 4.69) is 6.92 Å². The first-order chi connectivity index (χ1) is 9.21. The molecule has 5 nitrogen and oxygen atoms in total. The zero-order chi connectivity index (χ0) is 15.0. The molecular weight excluding hydrogens is 322 g/mol. The molecule has 0 atom stereocenters. The molecule has 0 bridgehead atoms. The van der Waals surface area contributed by atoms with Gasteiger partial charge in [-0.15, -0.1) is 0 Å². The van der Waals surface area contributed by atoms with Crippen LogP contribution >= 0.6 is 10.7 Å². The first-order valence-electron chi connectivity index (χ1n) is 6.26. The van der Waals surface area contributed by atoms with E-state index < -0.39 is 19.1 Å². The Hall–Kier alpha value is -0.630. The maximum Gasteiger partial charge on any atom is 0.261 e. The Bertz CT molecular complexity index is 692. The van der Waals surface area contributed by atoms with Gasteiger partial charge < -0.3 is 0 Å². The van der Waals surface area contributed by atoms with E-state index in [0.717, 1.165) is 18.9 Å². The third-order valence-electron chi connectivity index (χ3n) is 3.47. The van der Waals surface area contributed by atoms with Crippen molar-refractivity contribution in [2.45, 2.75) is 29.6 Å². The zero-order valence-corrected chi connectivity index (χ0v) is 13.4. The fourth-order valence-electron chi connectivity index (χ4n) is 2.16. The summed E-state index contributed by atoms with van der Waals surface area (Å²) in [6.45, 7) is 3.01. The topological polar surface area (TPSA) is 71.5 Å². The Morgan fingerprint density at radius 2 is 1.65 bits per heavy atom. The van der Waals surface area contributed by atoms with E-state index >= 15 is 0 Å². The number of rotatable bonds is 3. The van der Waals surface area contributed by atoms with Crippen LogP contribution in [-0.4, -0.2) is 34.2 Å². The first-order valence-corrected chi connectivity index (χ1v) is 10.0. The van der Waals surface area contributed by atoms with Crippen LogP contribution in [0.4, 0.5) is 0 Å². The maximum absolute atomic E-state index is 12.5. The Kier molecular flexibility index (Phi) is 4.44. The number of halogens is 1. The molecule has 8 heteroatoms. The summed E-state index contributed by atoms with van der Waals surface area (Å²) < 4.78 is 48.9. The van der Waals surface area contributed by atoms with Crippen LogP contribution < -0.4 is 0 Å². The standard InChI is InChI=1S/C12H16ClNO4S2/c1-10-5-7-14(8-6-10)20(17,18)12-4-2-3-11(9-12)19(13,15)16/h2-4,9-10H,5-8H2,1H3. The number of piperidine rings is 1. The van der Waals surface area contributed by atoms with Crippen molar-refractivity contribution in [3.63, 3.8) is 0 Å². The average molecular weight is 338 g/mol. The second-order valence-electron chi connectivity index (χ2n) is 5.00. The molecule has 1 aromatic carbocycles. The van der Waals surface area contributed by atoms with Crippen molar-refractivity contribution in [3.05, 3.63) is 24.3 Å². The average Bonchev–Trinajstić information content (AvgIpc) is 2.38. The van der Waals surface area contributed by atoms with Crippen molar-refractivity contribution in [2.24, 2.45) is 5.92 Å². The molecule has 2 rings (SSSR count). The minimum absolute atomic E-state index is 0.0335. The van der Waals surface area contributed by atoms with Gasteiger partial charge in [0.15, 0.2) is 0 Å². The highest BCUT2D eigenvalue weighted by Crippen LogP contribution is 2.25. The van der Waals surface area contributed by atoms with E-state index in [1.807, 2.05) is 0 Å². The van der Waals surface area contributed by atoms with Crippen LogP contribution in [0.2, 0.25) is 0 Å². The van der Waals surface area contributed by atoms with Crippen molar-refractivity contribution in [2.75, 3.05) is 13.1 Å². The molecule has 0 spiro atoms. The van der Waals surface area contributed by atoms with Crippen molar-refractivity contribution in [1.82, 2.24) is 4.31 Å². The number of benzene rings is 1. The van der Waals surface area contributed by atoms with Crippen LogP contribution in [0, 0.1) is 5.92 Å². The van der Waals surface area contributed by atoms with Crippen LogP contribution in [0.5, 0.6) is 0 Å². The highest BCUT2D eigenvalue weighted by molar-refractivity contribution is 8.13. The predicted octanol–water partition coefficient (Wildman–Crippen LogP) is 2.03. The molecular formula is C12H16ClNO4S2. The summed E-state index contributed by atoms with van der Waals surface area (Å²) in [5.74, 6) is 0.510. The lowest BCUT2D eigenvalue weighted by molar-refractivity contribution is 0.288. The monoisotopic (exact) mass is 337 g/mol. The van der Waals surface area contributed by atoms with Gasteiger partial charge in [0, 0.05) is 23.8 Å². The largest absolute Gasteiger partial charge is 0.261 e. The van der Waals surface area contributed by atoms with Gasteiger partial charge in [0.2, 0.25) is 10.0 Å². The zero-order valence-electron chi connectivity index (χ0n) is 11.0. The van der Waals surface area contributed by atoms with E-state index in [4.69, 9.17) is 10.7 Å². The van der Waals surface area contributed by atoms with E-state index in [1.54, 1.807) is 0 Å². The molecule has 1 aliphatic heterocycles. The van der Waals surface area contributed by atoms with Crippen LogP contribution in [-0.2, 0) is 19.1 Å². The highest BCUT2D eigenvalue weighted by Gasteiger charge is 2.28. The van der Waals surface area contributed by atoms with Crippen LogP contribution in [0.3, 0.4) is 0 Å². The van der Waals surface area contributed by atoms with Crippen molar-refractivity contribution in [1.29, 1.82) is 0 Å². The summed E-state index contributed by atoms with van der Waals surface area (Å²) >= 11 is 0. The van der Waals surface area contributed by atoms with E-state index in [0.29, 0.717) is 19.0 Å². The summed E-state index contributed by atoms with van der Waals surface area (Å²) in [7, 11) is -2.34. The summed E-state index contributed by atoms with van der Waals surface area (Å²) in [5, 5.41) is 0. The molecule has 0 radical (unpaired) electrons. The Morgan fingerprint density at radius 1 is 1.10 bits per heavy atom. The van der Waals surface area contributed by atoms with Crippen LogP contribution in [0.25, 0.3) is 0 Å². The van der Waals surface area contributed by atoms with Gasteiger partial charge in [-0.25, -0.2) is 16.8 Å². The van der Waals surface area contributed by atoms with Gasteiger partial charge in [-0.2, -0.15) is 4.31 Å². The maximum atomic E-state index is 12.5. The molecule has 1 heterocycles. The van der Waals surface area contributed by atoms with Gasteiger partial charge in [-0.3, -0.25) is 0 Å². The lowest BCUT2D eigenvalue weighted by Gasteiger charge is -2.29. The fraction of sp³-hybridized carbons (Fsp3) is 0.500. The highest BCUT2D eigenvalue weighted by atomic mass is 35.7. The van der Waals surface area contributed by atoms with Gasteiger partial charge in [0.05, 0.1) is 9.79 Å². The summed E-state index contributed by atoms with van der Waals surface area (Å²) in [5.41, 5.74) is 0. The minimum atomic E-state index is -3.94. The molecule has 1 saturated heterocycles. The van der Waals surface area contributed by atoms with E-state index in [9.17, 15) is 16.8 Å². The van der Waals surface area contributed by atoms with Gasteiger partial charge in [-0.1, -0.05) is 13.0 Å². The molecule has 0 amide bonds. The first kappa shape index (κ1) is 15.8. The second kappa shape index (κ2) is 5.63. The summed E-state index contributed by atoms with van der Waals surface area (Å²) in [4.78, 5) is -0.237. The molecule has 20 heavy (non-hydrogen) atoms. The van der Waals surface area contributed by atoms with Crippen LogP contribution in [0.15, 0.2) is 34.1 Å². The van der Waals surface area contributed by atoms with Crippen molar-refractivity contribution >= 4 is 29.8 Å². The normalized spacial score (nSPS) is 19.1. The SMILES string of the molecule is CC1CCN(S(=O)(=O)c2cccc(S(=O)(=O)Cl)c2)CC1. The van der Waals surface area contributed by atoms with Crippen LogP contribution in [0.1, 0.15) is 19.8 Å². The van der Waals surface area contributed by atoms with E-state index in [1.165, 1.54) is 22.5 Å². The molecule has 0 aliphatic carbocycles. The van der Waals surface area contributed by atoms with Gasteiger partial charge in [-0.05, 0) is 37.0 Å². The second-order valence-corrected chi connectivity index (χ2v) is 9.50. The number of hydrogen-bond donors (Lipinski definition) is 0. The lowest BCUT2D eigenvalue weighted by Crippen LogP contribution is -2.37. The van der Waals surface area contributed by atoms with Gasteiger partial charge >= 0.3 is 0 Å². The minimum Gasteiger partial charge on any atom is -0.207 e.